The predicted octanol–water partition coefficient (Wildman–Crippen LogP) is 0.909. The maximum Gasteiger partial charge on any atom is 0.0773 e. The monoisotopic (exact) mass is 255 g/mol. The lowest BCUT2D eigenvalue weighted by Gasteiger charge is -2.39. The third-order valence-corrected chi connectivity index (χ3v) is 4.85. The van der Waals surface area contributed by atoms with Crippen LogP contribution >= 0.6 is 0 Å². The molecule has 2 aliphatic heterocycles. The van der Waals surface area contributed by atoms with Gasteiger partial charge in [0.15, 0.2) is 0 Å². The second-order valence-electron chi connectivity index (χ2n) is 6.34. The van der Waals surface area contributed by atoms with Crippen molar-refractivity contribution in [3.05, 3.63) is 0 Å². The summed E-state index contributed by atoms with van der Waals surface area (Å²) in [7, 11) is 1.75. The van der Waals surface area contributed by atoms with E-state index in [1.165, 1.54) is 39.0 Å². The molecule has 2 heterocycles. The minimum atomic E-state index is -0.213. The predicted molar refractivity (Wildman–Crippen MR) is 74.7 cm³/mol. The van der Waals surface area contributed by atoms with Crippen molar-refractivity contribution in [2.24, 2.45) is 5.73 Å². The lowest BCUT2D eigenvalue weighted by molar-refractivity contribution is -0.00558. The number of ether oxygens (including phenoxy) is 1. The van der Waals surface area contributed by atoms with Crippen LogP contribution in [0.3, 0.4) is 0 Å². The topological polar surface area (TPSA) is 41.7 Å². The van der Waals surface area contributed by atoms with Crippen LogP contribution in [0, 0.1) is 0 Å². The molecule has 2 rings (SSSR count). The Morgan fingerprint density at radius 2 is 2.11 bits per heavy atom. The van der Waals surface area contributed by atoms with Crippen LogP contribution in [-0.4, -0.2) is 67.3 Å². The number of fused-ring (bicyclic) bond motifs is 1. The van der Waals surface area contributed by atoms with Gasteiger partial charge in [-0.05, 0) is 46.2 Å². The van der Waals surface area contributed by atoms with Crippen molar-refractivity contribution in [3.63, 3.8) is 0 Å². The minimum Gasteiger partial charge on any atom is -0.377 e. The number of hydrogen-bond donors (Lipinski definition) is 1. The zero-order valence-corrected chi connectivity index (χ0v) is 12.2. The van der Waals surface area contributed by atoms with Crippen molar-refractivity contribution in [1.29, 1.82) is 0 Å². The number of nitrogens with two attached hydrogens (primary N) is 1. The zero-order chi connectivity index (χ0) is 13.2. The van der Waals surface area contributed by atoms with Crippen LogP contribution in [-0.2, 0) is 4.74 Å². The lowest BCUT2D eigenvalue weighted by Crippen LogP contribution is -2.52. The van der Waals surface area contributed by atoms with Gasteiger partial charge in [-0.15, -0.1) is 0 Å². The number of rotatable bonds is 5. The van der Waals surface area contributed by atoms with E-state index in [4.69, 9.17) is 10.5 Å². The lowest BCUT2D eigenvalue weighted by atomic mass is 9.96. The maximum atomic E-state index is 6.22. The van der Waals surface area contributed by atoms with Crippen LogP contribution in [0.5, 0.6) is 0 Å². The molecule has 4 nitrogen and oxygen atoms in total. The van der Waals surface area contributed by atoms with Gasteiger partial charge in [0.05, 0.1) is 5.60 Å². The Hall–Kier alpha value is -0.160. The summed E-state index contributed by atoms with van der Waals surface area (Å²) < 4.78 is 5.46. The molecule has 0 radical (unpaired) electrons. The molecule has 2 unspecified atom stereocenters. The molecule has 0 saturated carbocycles. The number of methoxy groups -OCH3 is 1. The fourth-order valence-electron chi connectivity index (χ4n) is 3.08. The average molecular weight is 255 g/mol. The Bertz CT molecular complexity index is 270. The summed E-state index contributed by atoms with van der Waals surface area (Å²) >= 11 is 0. The highest BCUT2D eigenvalue weighted by atomic mass is 16.5. The molecule has 0 amide bonds. The quantitative estimate of drug-likeness (QED) is 0.793. The van der Waals surface area contributed by atoms with Crippen molar-refractivity contribution < 1.29 is 4.74 Å². The van der Waals surface area contributed by atoms with Gasteiger partial charge in [0.2, 0.25) is 0 Å². The standard InChI is InChI=1S/C14H29N3O/c1-14(2,18-3)13(15)6-8-16-9-10-17-7-4-5-12(17)11-16/h12-13H,4-11,15H2,1-3H3. The number of nitrogens with zero attached hydrogens (tertiary/aromatic N) is 2. The Morgan fingerprint density at radius 1 is 1.33 bits per heavy atom. The van der Waals surface area contributed by atoms with E-state index in [9.17, 15) is 0 Å². The molecule has 4 heteroatoms. The molecule has 2 aliphatic rings. The summed E-state index contributed by atoms with van der Waals surface area (Å²) in [5.41, 5.74) is 6.01. The highest BCUT2D eigenvalue weighted by Crippen LogP contribution is 2.22. The third kappa shape index (κ3) is 3.23. The minimum absolute atomic E-state index is 0.115. The molecular formula is C14H29N3O. The number of hydrogen-bond acceptors (Lipinski definition) is 4. The zero-order valence-electron chi connectivity index (χ0n) is 12.2. The van der Waals surface area contributed by atoms with E-state index in [1.54, 1.807) is 7.11 Å². The molecule has 0 spiro atoms. The van der Waals surface area contributed by atoms with Crippen molar-refractivity contribution >= 4 is 0 Å². The fourth-order valence-corrected chi connectivity index (χ4v) is 3.08. The largest absolute Gasteiger partial charge is 0.377 e. The van der Waals surface area contributed by atoms with Gasteiger partial charge < -0.3 is 15.4 Å². The van der Waals surface area contributed by atoms with Gasteiger partial charge in [-0.25, -0.2) is 0 Å². The van der Waals surface area contributed by atoms with Crippen LogP contribution in [0.2, 0.25) is 0 Å². The van der Waals surface area contributed by atoms with Crippen LogP contribution in [0.15, 0.2) is 0 Å². The van der Waals surface area contributed by atoms with E-state index < -0.39 is 0 Å². The van der Waals surface area contributed by atoms with E-state index in [0.29, 0.717) is 0 Å². The normalized spacial score (nSPS) is 28.3. The molecule has 18 heavy (non-hydrogen) atoms. The SMILES string of the molecule is COC(C)(C)C(N)CCN1CCN2CCCC2C1. The highest BCUT2D eigenvalue weighted by Gasteiger charge is 2.31. The smallest absolute Gasteiger partial charge is 0.0773 e. The first kappa shape index (κ1) is 14.3. The van der Waals surface area contributed by atoms with Gasteiger partial charge in [-0.1, -0.05) is 0 Å². The van der Waals surface area contributed by atoms with E-state index in [-0.39, 0.29) is 11.6 Å². The second-order valence-corrected chi connectivity index (χ2v) is 6.34. The van der Waals surface area contributed by atoms with Gasteiger partial charge in [0.1, 0.15) is 0 Å². The summed E-state index contributed by atoms with van der Waals surface area (Å²) in [6.45, 7) is 10.3. The maximum absolute atomic E-state index is 6.22. The summed E-state index contributed by atoms with van der Waals surface area (Å²) in [5.74, 6) is 0. The van der Waals surface area contributed by atoms with E-state index in [2.05, 4.69) is 23.6 Å². The van der Waals surface area contributed by atoms with Crippen molar-refractivity contribution in [2.45, 2.75) is 50.8 Å². The second kappa shape index (κ2) is 5.87. The van der Waals surface area contributed by atoms with Crippen LogP contribution in [0.1, 0.15) is 33.1 Å². The molecule has 0 aromatic rings. The first-order valence-electron chi connectivity index (χ1n) is 7.30. The molecule has 0 bridgehead atoms. The molecule has 2 fully saturated rings. The van der Waals surface area contributed by atoms with Gasteiger partial charge in [0, 0.05) is 38.8 Å². The van der Waals surface area contributed by atoms with E-state index >= 15 is 0 Å². The Labute approximate surface area is 111 Å². The van der Waals surface area contributed by atoms with Gasteiger partial charge in [-0.3, -0.25) is 4.90 Å². The fraction of sp³-hybridized carbons (Fsp3) is 1.00. The third-order valence-electron chi connectivity index (χ3n) is 4.85. The summed E-state index contributed by atoms with van der Waals surface area (Å²) in [6.07, 6.45) is 3.79. The molecule has 106 valence electrons. The Kier molecular flexibility index (Phi) is 4.64. The molecule has 2 N–H and O–H groups in total. The Balaban J connectivity index is 1.74. The number of piperazine rings is 1. The van der Waals surface area contributed by atoms with Crippen molar-refractivity contribution in [3.8, 4) is 0 Å². The van der Waals surface area contributed by atoms with Crippen molar-refractivity contribution in [1.82, 2.24) is 9.80 Å². The average Bonchev–Trinajstić information content (AvgIpc) is 2.83. The van der Waals surface area contributed by atoms with Crippen molar-refractivity contribution in [2.75, 3.05) is 39.8 Å². The summed E-state index contributed by atoms with van der Waals surface area (Å²) in [4.78, 5) is 5.23. The molecule has 0 aromatic carbocycles. The molecule has 2 atom stereocenters. The molecule has 0 aromatic heterocycles. The first-order chi connectivity index (χ1) is 8.53. The highest BCUT2D eigenvalue weighted by molar-refractivity contribution is 4.88. The van der Waals surface area contributed by atoms with Crippen LogP contribution < -0.4 is 5.73 Å². The van der Waals surface area contributed by atoms with Gasteiger partial charge in [-0.2, -0.15) is 0 Å². The first-order valence-corrected chi connectivity index (χ1v) is 7.30. The molecule has 2 saturated heterocycles. The van der Waals surface area contributed by atoms with Crippen LogP contribution in [0.4, 0.5) is 0 Å². The molecule has 0 aliphatic carbocycles. The Morgan fingerprint density at radius 3 is 2.83 bits per heavy atom. The van der Waals surface area contributed by atoms with E-state index in [1.807, 2.05) is 0 Å². The summed E-state index contributed by atoms with van der Waals surface area (Å²) in [5, 5.41) is 0. The van der Waals surface area contributed by atoms with Gasteiger partial charge >= 0.3 is 0 Å². The van der Waals surface area contributed by atoms with E-state index in [0.717, 1.165) is 19.0 Å². The summed E-state index contributed by atoms with van der Waals surface area (Å²) in [6, 6.07) is 0.925. The van der Waals surface area contributed by atoms with Crippen LogP contribution in [0.25, 0.3) is 0 Å². The van der Waals surface area contributed by atoms with Gasteiger partial charge in [0.25, 0.3) is 0 Å². The molecular weight excluding hydrogens is 226 g/mol.